The Hall–Kier alpha value is -1.79. The molecule has 1 amide bonds. The number of amidine groups is 1. The van der Waals surface area contributed by atoms with Crippen LogP contribution in [0.3, 0.4) is 0 Å². The smallest absolute Gasteiger partial charge is 0.264 e. The van der Waals surface area contributed by atoms with Gasteiger partial charge in [-0.1, -0.05) is 38.3 Å². The van der Waals surface area contributed by atoms with Gasteiger partial charge in [0.2, 0.25) is 0 Å². The highest BCUT2D eigenvalue weighted by Gasteiger charge is 2.23. The first-order valence-corrected chi connectivity index (χ1v) is 10.5. The molecule has 1 saturated heterocycles. The molecule has 0 unspecified atom stereocenters. The number of ether oxygens (including phenoxy) is 1. The van der Waals surface area contributed by atoms with Gasteiger partial charge in [0.05, 0.1) is 11.5 Å². The molecule has 1 aromatic rings. The lowest BCUT2D eigenvalue weighted by Gasteiger charge is -2.10. The topological polar surface area (TPSA) is 53.9 Å². The number of aliphatic imine (C=N–C) groups is 1. The standard InChI is InChI=1S/C21H31N3O2S/c1-4-5-6-7-13-22-21-23-20(25)19(27-21)16-17-9-11-18(12-10-17)26-15-8-14-24(2)3/h9-12,16H,4-8,13-15H2,1-3H3,(H,22,23,25)/b19-16-. The Kier molecular flexibility index (Phi) is 9.42. The zero-order valence-electron chi connectivity index (χ0n) is 16.7. The molecule has 1 aliphatic heterocycles. The van der Waals surface area contributed by atoms with Crippen LogP contribution in [-0.4, -0.2) is 49.8 Å². The van der Waals surface area contributed by atoms with Gasteiger partial charge in [0.25, 0.3) is 5.91 Å². The van der Waals surface area contributed by atoms with Gasteiger partial charge in [-0.25, -0.2) is 0 Å². The van der Waals surface area contributed by atoms with Gasteiger partial charge in [-0.15, -0.1) is 0 Å². The molecule has 1 aliphatic rings. The fraction of sp³-hybridized carbons (Fsp3) is 0.524. The van der Waals surface area contributed by atoms with Crippen LogP contribution >= 0.6 is 11.8 Å². The number of carbonyl (C=O) groups is 1. The van der Waals surface area contributed by atoms with Gasteiger partial charge in [-0.3, -0.25) is 9.79 Å². The van der Waals surface area contributed by atoms with Gasteiger partial charge >= 0.3 is 0 Å². The van der Waals surface area contributed by atoms with Crippen molar-refractivity contribution in [3.63, 3.8) is 0 Å². The van der Waals surface area contributed by atoms with Gasteiger partial charge in [-0.2, -0.15) is 0 Å². The maximum atomic E-state index is 12.1. The summed E-state index contributed by atoms with van der Waals surface area (Å²) in [5.74, 6) is 0.782. The number of rotatable bonds is 11. The van der Waals surface area contributed by atoms with Crippen molar-refractivity contribution in [1.82, 2.24) is 10.2 Å². The number of thioether (sulfide) groups is 1. The van der Waals surface area contributed by atoms with E-state index in [9.17, 15) is 4.79 Å². The van der Waals surface area contributed by atoms with E-state index >= 15 is 0 Å². The van der Waals surface area contributed by atoms with E-state index < -0.39 is 0 Å². The summed E-state index contributed by atoms with van der Waals surface area (Å²) >= 11 is 1.42. The van der Waals surface area contributed by atoms with E-state index in [0.717, 1.165) is 37.2 Å². The second kappa shape index (κ2) is 11.8. The first-order valence-electron chi connectivity index (χ1n) is 9.71. The van der Waals surface area contributed by atoms with Crippen molar-refractivity contribution in [1.29, 1.82) is 0 Å². The minimum Gasteiger partial charge on any atom is -0.494 e. The lowest BCUT2D eigenvalue weighted by atomic mass is 10.2. The molecule has 0 aromatic heterocycles. The minimum atomic E-state index is -0.0729. The van der Waals surface area contributed by atoms with Crippen LogP contribution in [-0.2, 0) is 4.79 Å². The summed E-state index contributed by atoms with van der Waals surface area (Å²) in [5.41, 5.74) is 0.984. The molecule has 5 nitrogen and oxygen atoms in total. The molecule has 0 bridgehead atoms. The number of benzene rings is 1. The van der Waals surface area contributed by atoms with Crippen molar-refractivity contribution >= 4 is 28.9 Å². The van der Waals surface area contributed by atoms with Gasteiger partial charge in [0.1, 0.15) is 5.75 Å². The molecule has 0 saturated carbocycles. The lowest BCUT2D eigenvalue weighted by Crippen LogP contribution is -2.19. The van der Waals surface area contributed by atoms with Crippen LogP contribution in [0.15, 0.2) is 34.2 Å². The third kappa shape index (κ3) is 8.18. The van der Waals surface area contributed by atoms with Crippen LogP contribution in [0.4, 0.5) is 0 Å². The normalized spacial score (nSPS) is 17.1. The molecule has 0 atom stereocenters. The minimum absolute atomic E-state index is 0.0729. The number of amides is 1. The summed E-state index contributed by atoms with van der Waals surface area (Å²) in [4.78, 5) is 19.4. The van der Waals surface area contributed by atoms with E-state index in [0.29, 0.717) is 16.7 Å². The Bertz CT molecular complexity index is 654. The highest BCUT2D eigenvalue weighted by atomic mass is 32.2. The average Bonchev–Trinajstić information content (AvgIpc) is 2.99. The second-order valence-electron chi connectivity index (χ2n) is 6.89. The number of carbonyl (C=O) groups excluding carboxylic acids is 1. The first kappa shape index (κ1) is 21.5. The third-order valence-corrected chi connectivity index (χ3v) is 5.06. The summed E-state index contributed by atoms with van der Waals surface area (Å²) in [5, 5.41) is 3.56. The number of nitrogens with one attached hydrogen (secondary N) is 1. The molecular formula is C21H31N3O2S. The van der Waals surface area contributed by atoms with Gasteiger partial charge in [-0.05, 0) is 62.5 Å². The van der Waals surface area contributed by atoms with E-state index in [2.05, 4.69) is 36.2 Å². The number of unbranched alkanes of at least 4 members (excludes halogenated alkanes) is 3. The summed E-state index contributed by atoms with van der Waals surface area (Å²) < 4.78 is 5.74. The number of hydrogen-bond donors (Lipinski definition) is 1. The average molecular weight is 390 g/mol. The largest absolute Gasteiger partial charge is 0.494 e. The van der Waals surface area contributed by atoms with Crippen LogP contribution in [0, 0.1) is 0 Å². The Morgan fingerprint density at radius 2 is 1.93 bits per heavy atom. The SMILES string of the molecule is CCCCCCN=C1NC(=O)/C(=C/c2ccc(OCCCN(C)C)cc2)S1. The predicted octanol–water partition coefficient (Wildman–Crippen LogP) is 4.16. The maximum absolute atomic E-state index is 12.1. The summed E-state index contributed by atoms with van der Waals surface area (Å²) in [6.07, 6.45) is 7.62. The first-order chi connectivity index (χ1) is 13.1. The van der Waals surface area contributed by atoms with E-state index in [-0.39, 0.29) is 5.91 Å². The lowest BCUT2D eigenvalue weighted by molar-refractivity contribution is -0.115. The van der Waals surface area contributed by atoms with Crippen LogP contribution < -0.4 is 10.1 Å². The Morgan fingerprint density at radius 1 is 1.15 bits per heavy atom. The Morgan fingerprint density at radius 3 is 2.63 bits per heavy atom. The van der Waals surface area contributed by atoms with Crippen molar-refractivity contribution in [3.05, 3.63) is 34.7 Å². The van der Waals surface area contributed by atoms with Crippen LogP contribution in [0.5, 0.6) is 5.75 Å². The summed E-state index contributed by atoms with van der Waals surface area (Å²) in [6.45, 7) is 4.68. The number of nitrogens with zero attached hydrogens (tertiary/aromatic N) is 2. The fourth-order valence-electron chi connectivity index (χ4n) is 2.60. The highest BCUT2D eigenvalue weighted by Crippen LogP contribution is 2.26. The van der Waals surface area contributed by atoms with Crippen molar-refractivity contribution < 1.29 is 9.53 Å². The molecule has 148 valence electrons. The van der Waals surface area contributed by atoms with Crippen molar-refractivity contribution in [3.8, 4) is 5.75 Å². The van der Waals surface area contributed by atoms with E-state index in [1.54, 1.807) is 0 Å². The van der Waals surface area contributed by atoms with E-state index in [1.165, 1.54) is 31.0 Å². The highest BCUT2D eigenvalue weighted by molar-refractivity contribution is 8.18. The summed E-state index contributed by atoms with van der Waals surface area (Å²) in [6, 6.07) is 7.84. The van der Waals surface area contributed by atoms with Gasteiger partial charge < -0.3 is 15.0 Å². The molecule has 1 fully saturated rings. The fourth-order valence-corrected chi connectivity index (χ4v) is 3.45. The number of hydrogen-bond acceptors (Lipinski definition) is 5. The van der Waals surface area contributed by atoms with Crippen LogP contribution in [0.2, 0.25) is 0 Å². The predicted molar refractivity (Wildman–Crippen MR) is 115 cm³/mol. The van der Waals surface area contributed by atoms with E-state index in [4.69, 9.17) is 4.74 Å². The molecular weight excluding hydrogens is 358 g/mol. The third-order valence-electron chi connectivity index (χ3n) is 4.11. The molecule has 27 heavy (non-hydrogen) atoms. The molecule has 0 radical (unpaired) electrons. The van der Waals surface area contributed by atoms with Crippen LogP contribution in [0.25, 0.3) is 6.08 Å². The zero-order chi connectivity index (χ0) is 19.5. The molecule has 1 heterocycles. The Balaban J connectivity index is 1.83. The van der Waals surface area contributed by atoms with Gasteiger partial charge in [0, 0.05) is 13.1 Å². The van der Waals surface area contributed by atoms with Crippen molar-refractivity contribution in [2.24, 2.45) is 4.99 Å². The Labute approximate surface area is 167 Å². The zero-order valence-corrected chi connectivity index (χ0v) is 17.5. The van der Waals surface area contributed by atoms with Gasteiger partial charge in [0.15, 0.2) is 5.17 Å². The monoisotopic (exact) mass is 389 g/mol. The van der Waals surface area contributed by atoms with Crippen LogP contribution in [0.1, 0.15) is 44.6 Å². The molecule has 0 spiro atoms. The summed E-state index contributed by atoms with van der Waals surface area (Å²) in [7, 11) is 4.12. The van der Waals surface area contributed by atoms with E-state index in [1.807, 2.05) is 30.3 Å². The molecule has 1 aromatic carbocycles. The molecule has 1 N–H and O–H groups in total. The second-order valence-corrected chi connectivity index (χ2v) is 7.92. The van der Waals surface area contributed by atoms with Crippen molar-refractivity contribution in [2.45, 2.75) is 39.0 Å². The van der Waals surface area contributed by atoms with Crippen molar-refractivity contribution in [2.75, 3.05) is 33.8 Å². The molecule has 0 aliphatic carbocycles. The molecule has 6 heteroatoms. The maximum Gasteiger partial charge on any atom is 0.264 e. The molecule has 2 rings (SSSR count). The quantitative estimate of drug-likeness (QED) is 0.456.